The second-order valence-corrected chi connectivity index (χ2v) is 25.0. The van der Waals surface area contributed by atoms with Gasteiger partial charge in [-0.15, -0.1) is 0 Å². The maximum atomic E-state index is 13.3. The Morgan fingerprint density at radius 2 is 0.704 bits per heavy atom. The molecule has 1 amide bonds. The molecule has 81 heavy (non-hydrogen) atoms. The summed E-state index contributed by atoms with van der Waals surface area (Å²) in [6.45, 7) is 2.92. The molecule has 2 aliphatic rings. The van der Waals surface area contributed by atoms with Crippen LogP contribution < -0.4 is 5.32 Å². The molecule has 0 aromatic carbocycles. The zero-order chi connectivity index (χ0) is 58.8. The van der Waals surface area contributed by atoms with Crippen molar-refractivity contribution in [3.63, 3.8) is 0 Å². The van der Waals surface area contributed by atoms with Gasteiger partial charge in [0.2, 0.25) is 5.91 Å². The van der Waals surface area contributed by atoms with E-state index >= 15 is 0 Å². The van der Waals surface area contributed by atoms with E-state index in [1.165, 1.54) is 250 Å². The highest BCUT2D eigenvalue weighted by Crippen LogP contribution is 2.30. The zero-order valence-corrected chi connectivity index (χ0v) is 52.3. The van der Waals surface area contributed by atoms with E-state index in [0.29, 0.717) is 12.8 Å². The van der Waals surface area contributed by atoms with Crippen molar-refractivity contribution >= 4 is 5.91 Å². The van der Waals surface area contributed by atoms with E-state index in [0.717, 1.165) is 51.4 Å². The lowest BCUT2D eigenvalue weighted by atomic mass is 9.97. The number of nitrogens with one attached hydrogen (secondary N) is 1. The molecule has 2 rings (SSSR count). The van der Waals surface area contributed by atoms with E-state index in [4.69, 9.17) is 18.9 Å². The van der Waals surface area contributed by atoms with Crippen LogP contribution in [0.15, 0.2) is 0 Å². The molecule has 14 heteroatoms. The lowest BCUT2D eigenvalue weighted by Gasteiger charge is -2.46. The first-order valence-corrected chi connectivity index (χ1v) is 34.8. The standard InChI is InChI=1S/C67H131NO13/c1-3-5-7-9-11-13-15-17-19-21-23-24-25-26-27-28-29-30-31-32-33-35-37-39-41-43-45-47-49-51-59(72)68-55(56(71)50-48-46-44-42-40-38-36-34-22-20-18-16-14-12-10-8-6-4-2)54-78-66-64(77)62(75)65(58(53-70)80-66)81-67-63(76)61(74)60(73)57(52-69)79-67/h55-58,60-67,69-71,73-77H,3-54H2,1-2H3,(H,68,72). The third-order valence-electron chi connectivity index (χ3n) is 17.6. The quantitative estimate of drug-likeness (QED) is 0.0259. The summed E-state index contributed by atoms with van der Waals surface area (Å²) in [6.07, 6.45) is 45.5. The SMILES string of the molecule is CCCCCCCCCCCCCCCCCCCCCCCCCCCCCCCC(=O)NC(COC1OC(CO)C(OC2OC(CO)C(O)C(O)C2O)C(O)C1O)C(O)CCCCCCCCCCCCCCCCCCCC. The molecule has 2 aliphatic heterocycles. The number of carbonyl (C=O) groups is 1. The molecule has 0 radical (unpaired) electrons. The molecule has 0 saturated carbocycles. The van der Waals surface area contributed by atoms with Crippen LogP contribution in [0.5, 0.6) is 0 Å². The molecule has 14 nitrogen and oxygen atoms in total. The number of amides is 1. The second-order valence-electron chi connectivity index (χ2n) is 25.0. The molecule has 2 saturated heterocycles. The number of unbranched alkanes of at least 4 members (excludes halogenated alkanes) is 45. The number of rotatable bonds is 58. The largest absolute Gasteiger partial charge is 0.394 e. The van der Waals surface area contributed by atoms with Crippen LogP contribution in [-0.2, 0) is 23.7 Å². The average Bonchev–Trinajstić information content (AvgIpc) is 3.47. The van der Waals surface area contributed by atoms with Crippen molar-refractivity contribution in [2.24, 2.45) is 0 Å². The molecule has 2 heterocycles. The van der Waals surface area contributed by atoms with Gasteiger partial charge in [0, 0.05) is 6.42 Å². The number of ether oxygens (including phenoxy) is 4. The van der Waals surface area contributed by atoms with Gasteiger partial charge < -0.3 is 65.1 Å². The van der Waals surface area contributed by atoms with Gasteiger partial charge in [0.25, 0.3) is 0 Å². The smallest absolute Gasteiger partial charge is 0.220 e. The molecule has 0 aliphatic carbocycles. The van der Waals surface area contributed by atoms with Crippen molar-refractivity contribution < 1.29 is 64.6 Å². The van der Waals surface area contributed by atoms with Gasteiger partial charge in [-0.2, -0.15) is 0 Å². The van der Waals surface area contributed by atoms with Crippen LogP contribution in [0.25, 0.3) is 0 Å². The summed E-state index contributed by atoms with van der Waals surface area (Å²) in [5.74, 6) is -0.197. The molecule has 0 aromatic heterocycles. The van der Waals surface area contributed by atoms with Crippen LogP contribution in [-0.4, -0.2) is 140 Å². The number of aliphatic hydroxyl groups is 8. The minimum atomic E-state index is -1.78. The predicted molar refractivity (Wildman–Crippen MR) is 328 cm³/mol. The Balaban J connectivity index is 1.64. The third kappa shape index (κ3) is 38.0. The summed E-state index contributed by atoms with van der Waals surface area (Å²) in [4.78, 5) is 13.3. The number of hydrogen-bond acceptors (Lipinski definition) is 13. The van der Waals surface area contributed by atoms with E-state index in [-0.39, 0.29) is 12.5 Å². The Bertz CT molecular complexity index is 1360. The lowest BCUT2D eigenvalue weighted by molar-refractivity contribution is -0.359. The average molecular weight is 1160 g/mol. The van der Waals surface area contributed by atoms with Gasteiger partial charge in [0.05, 0.1) is 32.0 Å². The summed E-state index contributed by atoms with van der Waals surface area (Å²) in [5.41, 5.74) is 0. The van der Waals surface area contributed by atoms with Gasteiger partial charge in [-0.3, -0.25) is 4.79 Å². The van der Waals surface area contributed by atoms with Gasteiger partial charge in [-0.1, -0.05) is 309 Å². The molecule has 9 N–H and O–H groups in total. The molecule has 0 spiro atoms. The Morgan fingerprint density at radius 3 is 1.05 bits per heavy atom. The van der Waals surface area contributed by atoms with Crippen LogP contribution in [0, 0.1) is 0 Å². The summed E-state index contributed by atoms with van der Waals surface area (Å²) in [7, 11) is 0. The van der Waals surface area contributed by atoms with E-state index in [1.54, 1.807) is 0 Å². The summed E-state index contributed by atoms with van der Waals surface area (Å²) in [5, 5.41) is 87.5. The molecule has 12 atom stereocenters. The van der Waals surface area contributed by atoms with Gasteiger partial charge in [0.15, 0.2) is 12.6 Å². The topological polar surface area (TPSA) is 228 Å². The Kier molecular flexibility index (Phi) is 50.0. The molecule has 12 unspecified atom stereocenters. The summed E-state index contributed by atoms with van der Waals surface area (Å²) >= 11 is 0. The van der Waals surface area contributed by atoms with Gasteiger partial charge in [-0.05, 0) is 12.8 Å². The van der Waals surface area contributed by atoms with Gasteiger partial charge in [-0.25, -0.2) is 0 Å². The van der Waals surface area contributed by atoms with E-state index < -0.39 is 86.8 Å². The monoisotopic (exact) mass is 1160 g/mol. The van der Waals surface area contributed by atoms with Crippen LogP contribution in [0.1, 0.15) is 328 Å². The molecular weight excluding hydrogens is 1030 g/mol. The van der Waals surface area contributed by atoms with Crippen LogP contribution in [0.2, 0.25) is 0 Å². The molecule has 2 fully saturated rings. The Hall–Kier alpha value is -1.01. The minimum absolute atomic E-state index is 0.197. The van der Waals surface area contributed by atoms with E-state index in [2.05, 4.69) is 19.2 Å². The van der Waals surface area contributed by atoms with E-state index in [9.17, 15) is 45.6 Å². The molecular formula is C67H131NO13. The number of aliphatic hydroxyl groups excluding tert-OH is 8. The highest BCUT2D eigenvalue weighted by atomic mass is 16.7. The highest BCUT2D eigenvalue weighted by Gasteiger charge is 2.51. The highest BCUT2D eigenvalue weighted by molar-refractivity contribution is 5.76. The first kappa shape index (κ1) is 76.1. The van der Waals surface area contributed by atoms with Crippen molar-refractivity contribution in [2.45, 2.75) is 402 Å². The Labute approximate surface area is 495 Å². The predicted octanol–water partition coefficient (Wildman–Crippen LogP) is 13.6. The number of hydrogen-bond donors (Lipinski definition) is 9. The molecule has 482 valence electrons. The number of carbonyl (C=O) groups excluding carboxylic acids is 1. The van der Waals surface area contributed by atoms with Crippen molar-refractivity contribution in [1.82, 2.24) is 5.32 Å². The summed E-state index contributed by atoms with van der Waals surface area (Å²) in [6, 6.07) is -0.824. The third-order valence-corrected chi connectivity index (χ3v) is 17.6. The summed E-state index contributed by atoms with van der Waals surface area (Å²) < 4.78 is 22.9. The minimum Gasteiger partial charge on any atom is -0.394 e. The van der Waals surface area contributed by atoms with Crippen molar-refractivity contribution in [3.05, 3.63) is 0 Å². The lowest BCUT2D eigenvalue weighted by Crippen LogP contribution is -2.65. The van der Waals surface area contributed by atoms with Crippen molar-refractivity contribution in [3.8, 4) is 0 Å². The fraction of sp³-hybridized carbons (Fsp3) is 0.985. The first-order chi connectivity index (χ1) is 39.6. The van der Waals surface area contributed by atoms with Crippen LogP contribution >= 0.6 is 0 Å². The normalized spacial score (nSPS) is 24.0. The van der Waals surface area contributed by atoms with Crippen LogP contribution in [0.3, 0.4) is 0 Å². The Morgan fingerprint density at radius 1 is 0.395 bits per heavy atom. The van der Waals surface area contributed by atoms with Crippen LogP contribution in [0.4, 0.5) is 0 Å². The maximum Gasteiger partial charge on any atom is 0.220 e. The van der Waals surface area contributed by atoms with Crippen molar-refractivity contribution in [1.29, 1.82) is 0 Å². The molecule has 0 bridgehead atoms. The maximum absolute atomic E-state index is 13.3. The zero-order valence-electron chi connectivity index (χ0n) is 52.3. The van der Waals surface area contributed by atoms with Crippen molar-refractivity contribution in [2.75, 3.05) is 19.8 Å². The fourth-order valence-corrected chi connectivity index (χ4v) is 12.0. The fourth-order valence-electron chi connectivity index (χ4n) is 12.0. The first-order valence-electron chi connectivity index (χ1n) is 34.8. The van der Waals surface area contributed by atoms with Gasteiger partial charge in [0.1, 0.15) is 48.8 Å². The van der Waals surface area contributed by atoms with Gasteiger partial charge >= 0.3 is 0 Å². The molecule has 0 aromatic rings. The second kappa shape index (κ2) is 53.2. The van der Waals surface area contributed by atoms with E-state index in [1.807, 2.05) is 0 Å².